The first-order chi connectivity index (χ1) is 15.1. The van der Waals surface area contributed by atoms with Crippen LogP contribution in [0.25, 0.3) is 0 Å². The maximum absolute atomic E-state index is 11.7. The van der Waals surface area contributed by atoms with Gasteiger partial charge in [-0.05, 0) is 29.8 Å². The van der Waals surface area contributed by atoms with Gasteiger partial charge >= 0.3 is 35.2 Å². The number of nitrogens with one attached hydrogen (secondary N) is 1. The minimum Gasteiger partial charge on any atom is -0.744 e. The van der Waals surface area contributed by atoms with E-state index >= 15 is 0 Å². The second-order valence-electron chi connectivity index (χ2n) is 6.36. The standard InChI is InChI=1S/C19H15N5O7S.Na/c25-23(26)15-7-9-16(18(11-15)24(27)28)22-21-14-6-8-17(19(10-14)32(29,30)31)20-12-13-4-2-1-3-5-13;/h1-11,20H,12H2,(H,29,30,31);/q;+1/p-1. The summed E-state index contributed by atoms with van der Waals surface area (Å²) in [4.78, 5) is 19.8. The molecule has 14 heteroatoms. The topological polar surface area (TPSA) is 180 Å². The molecule has 0 amide bonds. The molecule has 3 aromatic carbocycles. The summed E-state index contributed by atoms with van der Waals surface area (Å²) in [5, 5.41) is 32.3. The van der Waals surface area contributed by atoms with Crippen molar-refractivity contribution in [3.63, 3.8) is 0 Å². The van der Waals surface area contributed by atoms with Gasteiger partial charge < -0.3 is 9.87 Å². The monoisotopic (exact) mass is 479 g/mol. The van der Waals surface area contributed by atoms with Crippen LogP contribution in [-0.4, -0.2) is 22.8 Å². The van der Waals surface area contributed by atoms with Gasteiger partial charge in [-0.1, -0.05) is 30.3 Å². The molecular weight excluding hydrogens is 465 g/mol. The molecule has 33 heavy (non-hydrogen) atoms. The number of azo groups is 1. The molecule has 0 atom stereocenters. The van der Waals surface area contributed by atoms with Crippen molar-refractivity contribution in [2.75, 3.05) is 5.32 Å². The molecule has 0 unspecified atom stereocenters. The third-order valence-corrected chi connectivity index (χ3v) is 5.08. The molecule has 0 saturated heterocycles. The number of benzene rings is 3. The van der Waals surface area contributed by atoms with E-state index in [1.54, 1.807) is 0 Å². The Morgan fingerprint density at radius 3 is 2.18 bits per heavy atom. The summed E-state index contributed by atoms with van der Waals surface area (Å²) in [5.41, 5.74) is -0.569. The predicted octanol–water partition coefficient (Wildman–Crippen LogP) is 1.44. The van der Waals surface area contributed by atoms with Gasteiger partial charge in [0.15, 0.2) is 5.69 Å². The second kappa shape index (κ2) is 11.1. The van der Waals surface area contributed by atoms with Gasteiger partial charge in [0.05, 0.1) is 32.2 Å². The van der Waals surface area contributed by atoms with Crippen molar-refractivity contribution in [1.29, 1.82) is 0 Å². The molecule has 12 nitrogen and oxygen atoms in total. The Bertz CT molecular complexity index is 1320. The van der Waals surface area contributed by atoms with E-state index in [0.717, 1.165) is 29.8 Å². The molecule has 1 N–H and O–H groups in total. The normalized spacial score (nSPS) is 11.1. The van der Waals surface area contributed by atoms with Gasteiger partial charge in [0, 0.05) is 12.6 Å². The molecule has 3 aromatic rings. The van der Waals surface area contributed by atoms with E-state index in [0.29, 0.717) is 0 Å². The molecular formula is C19H14N5NaO7S. The zero-order chi connectivity index (χ0) is 23.3. The number of nitro benzene ring substituents is 2. The van der Waals surface area contributed by atoms with Gasteiger partial charge in [0.25, 0.3) is 5.69 Å². The molecule has 0 bridgehead atoms. The van der Waals surface area contributed by atoms with E-state index in [1.807, 2.05) is 30.3 Å². The fourth-order valence-electron chi connectivity index (χ4n) is 2.69. The van der Waals surface area contributed by atoms with Gasteiger partial charge in [-0.25, -0.2) is 8.42 Å². The van der Waals surface area contributed by atoms with Crippen LogP contribution in [0.2, 0.25) is 0 Å². The Balaban J connectivity index is 0.00000385. The molecule has 3 rings (SSSR count). The fraction of sp³-hybridized carbons (Fsp3) is 0.0526. The quantitative estimate of drug-likeness (QED) is 0.166. The third kappa shape index (κ3) is 6.87. The van der Waals surface area contributed by atoms with Crippen LogP contribution in [0.5, 0.6) is 0 Å². The van der Waals surface area contributed by atoms with Crippen LogP contribution in [0.15, 0.2) is 81.9 Å². The van der Waals surface area contributed by atoms with Crippen molar-refractivity contribution in [1.82, 2.24) is 0 Å². The number of nitrogens with zero attached hydrogens (tertiary/aromatic N) is 4. The van der Waals surface area contributed by atoms with Crippen LogP contribution >= 0.6 is 0 Å². The largest absolute Gasteiger partial charge is 1.00 e. The van der Waals surface area contributed by atoms with E-state index < -0.39 is 36.2 Å². The second-order valence-corrected chi connectivity index (χ2v) is 7.71. The molecule has 164 valence electrons. The zero-order valence-electron chi connectivity index (χ0n) is 17.1. The molecule has 0 aliphatic heterocycles. The molecule has 0 aliphatic rings. The van der Waals surface area contributed by atoms with E-state index in [9.17, 15) is 33.2 Å². The predicted molar refractivity (Wildman–Crippen MR) is 112 cm³/mol. The van der Waals surface area contributed by atoms with Crippen LogP contribution in [0.1, 0.15) is 5.56 Å². The summed E-state index contributed by atoms with van der Waals surface area (Å²) < 4.78 is 35.1. The fourth-order valence-corrected chi connectivity index (χ4v) is 3.36. The molecule has 0 heterocycles. The van der Waals surface area contributed by atoms with Crippen molar-refractivity contribution in [2.45, 2.75) is 11.4 Å². The summed E-state index contributed by atoms with van der Waals surface area (Å²) in [7, 11) is -4.88. The van der Waals surface area contributed by atoms with Crippen LogP contribution in [0.3, 0.4) is 0 Å². The minimum absolute atomic E-state index is 0. The van der Waals surface area contributed by atoms with E-state index in [-0.39, 0.29) is 53.2 Å². The maximum Gasteiger partial charge on any atom is 1.00 e. The molecule has 0 saturated carbocycles. The summed E-state index contributed by atoms with van der Waals surface area (Å²) in [6, 6.07) is 15.5. The Hall–Kier alpha value is -3.23. The van der Waals surface area contributed by atoms with Gasteiger partial charge in [0.1, 0.15) is 10.1 Å². The van der Waals surface area contributed by atoms with E-state index in [4.69, 9.17) is 0 Å². The van der Waals surface area contributed by atoms with Crippen molar-refractivity contribution < 1.29 is 52.4 Å². The van der Waals surface area contributed by atoms with E-state index in [1.165, 1.54) is 12.1 Å². The Kier molecular flexibility index (Phi) is 8.73. The first-order valence-electron chi connectivity index (χ1n) is 8.87. The smallest absolute Gasteiger partial charge is 0.744 e. The number of anilines is 1. The summed E-state index contributed by atoms with van der Waals surface area (Å²) in [6.07, 6.45) is 0. The molecule has 0 radical (unpaired) electrons. The number of nitro groups is 2. The Labute approximate surface area is 209 Å². The summed E-state index contributed by atoms with van der Waals surface area (Å²) in [5.74, 6) is 0. The summed E-state index contributed by atoms with van der Waals surface area (Å²) >= 11 is 0. The van der Waals surface area contributed by atoms with Crippen LogP contribution < -0.4 is 34.9 Å². The van der Waals surface area contributed by atoms with Crippen molar-refractivity contribution in [3.8, 4) is 0 Å². The minimum atomic E-state index is -4.88. The SMILES string of the molecule is O=[N+]([O-])c1ccc(N=Nc2ccc(NCc3ccccc3)c(S(=O)(=O)[O-])c2)c([N+](=O)[O-])c1.[Na+]. The first-order valence-corrected chi connectivity index (χ1v) is 10.3. The van der Waals surface area contributed by atoms with Crippen molar-refractivity contribution >= 4 is 38.6 Å². The van der Waals surface area contributed by atoms with Gasteiger partial charge in [0.2, 0.25) is 0 Å². The Morgan fingerprint density at radius 2 is 1.58 bits per heavy atom. The molecule has 0 spiro atoms. The summed E-state index contributed by atoms with van der Waals surface area (Å²) in [6.45, 7) is 0.263. The average Bonchev–Trinajstić information content (AvgIpc) is 2.76. The van der Waals surface area contributed by atoms with Crippen molar-refractivity contribution in [2.24, 2.45) is 10.2 Å². The maximum atomic E-state index is 11.7. The third-order valence-electron chi connectivity index (χ3n) is 4.20. The number of hydrogen-bond acceptors (Lipinski definition) is 10. The molecule has 0 aromatic heterocycles. The zero-order valence-corrected chi connectivity index (χ0v) is 19.9. The van der Waals surface area contributed by atoms with Crippen LogP contribution in [0.4, 0.5) is 28.4 Å². The van der Waals surface area contributed by atoms with E-state index in [2.05, 4.69) is 15.5 Å². The van der Waals surface area contributed by atoms with Crippen LogP contribution in [-0.2, 0) is 16.7 Å². The first kappa shape index (κ1) is 26.0. The number of rotatable bonds is 8. The number of non-ortho nitro benzene ring substituents is 1. The number of hydrogen-bond donors (Lipinski definition) is 1. The van der Waals surface area contributed by atoms with Gasteiger partial charge in [-0.2, -0.15) is 5.11 Å². The molecule has 0 fully saturated rings. The van der Waals surface area contributed by atoms with Gasteiger partial charge in [-0.3, -0.25) is 20.2 Å². The van der Waals surface area contributed by atoms with Crippen LogP contribution in [0, 0.1) is 20.2 Å². The molecule has 0 aliphatic carbocycles. The Morgan fingerprint density at radius 1 is 0.879 bits per heavy atom. The van der Waals surface area contributed by atoms with Crippen molar-refractivity contribution in [3.05, 3.63) is 92.5 Å². The van der Waals surface area contributed by atoms with Gasteiger partial charge in [-0.15, -0.1) is 5.11 Å². The average molecular weight is 479 g/mol.